The Hall–Kier alpha value is -2.50. The molecule has 4 rings (SSSR count). The molecule has 1 amide bonds. The highest BCUT2D eigenvalue weighted by atomic mass is 16.5. The Kier molecular flexibility index (Phi) is 5.05. The molecule has 3 atom stereocenters. The second kappa shape index (κ2) is 7.62. The van der Waals surface area contributed by atoms with Crippen molar-refractivity contribution in [3.05, 3.63) is 36.0 Å². The van der Waals surface area contributed by atoms with Crippen LogP contribution < -0.4 is 14.8 Å². The summed E-state index contributed by atoms with van der Waals surface area (Å²) in [5.74, 6) is 4.35. The van der Waals surface area contributed by atoms with Crippen LogP contribution in [-0.2, 0) is 11.3 Å². The first-order valence-electron chi connectivity index (χ1n) is 9.69. The number of para-hydroxylation sites is 1. The minimum Gasteiger partial charge on any atom is -0.493 e. The molecule has 144 valence electrons. The predicted molar refractivity (Wildman–Crippen MR) is 103 cm³/mol. The summed E-state index contributed by atoms with van der Waals surface area (Å²) in [6, 6.07) is 7.60. The Morgan fingerprint density at radius 1 is 1.22 bits per heavy atom. The van der Waals surface area contributed by atoms with Crippen molar-refractivity contribution in [2.75, 3.05) is 19.5 Å². The summed E-state index contributed by atoms with van der Waals surface area (Å²) < 4.78 is 12.7. The molecule has 6 heteroatoms. The Labute approximate surface area is 159 Å². The van der Waals surface area contributed by atoms with Crippen LogP contribution in [0.1, 0.15) is 37.7 Å². The molecule has 2 aliphatic carbocycles. The molecule has 2 bridgehead atoms. The zero-order valence-corrected chi connectivity index (χ0v) is 16.0. The van der Waals surface area contributed by atoms with E-state index in [2.05, 4.69) is 10.4 Å². The standard InChI is InChI=1S/C21H27N3O3/c1-26-18-5-3-4-16(21(18)27-2)13-24-19(8-9-22-24)23-20(25)12-17-11-14-6-7-15(17)10-14/h3-5,8-9,14-15,17H,6-7,10-13H2,1-2H3,(H,23,25). The van der Waals surface area contributed by atoms with E-state index in [1.54, 1.807) is 25.1 Å². The number of benzene rings is 1. The highest BCUT2D eigenvalue weighted by Crippen LogP contribution is 2.49. The lowest BCUT2D eigenvalue weighted by atomic mass is 9.86. The molecule has 2 aliphatic rings. The van der Waals surface area contributed by atoms with Crippen molar-refractivity contribution in [1.82, 2.24) is 9.78 Å². The average Bonchev–Trinajstić information content (AvgIpc) is 3.39. The van der Waals surface area contributed by atoms with Crippen LogP contribution in [0.2, 0.25) is 0 Å². The number of aromatic nitrogens is 2. The zero-order chi connectivity index (χ0) is 18.8. The van der Waals surface area contributed by atoms with Crippen molar-refractivity contribution in [1.29, 1.82) is 0 Å². The predicted octanol–water partition coefficient (Wildman–Crippen LogP) is 3.71. The van der Waals surface area contributed by atoms with Gasteiger partial charge in [-0.25, -0.2) is 4.68 Å². The van der Waals surface area contributed by atoms with Crippen LogP contribution in [0.5, 0.6) is 11.5 Å². The second-order valence-corrected chi connectivity index (χ2v) is 7.71. The summed E-state index contributed by atoms with van der Waals surface area (Å²) in [7, 11) is 3.25. The van der Waals surface area contributed by atoms with Crippen LogP contribution in [0.3, 0.4) is 0 Å². The number of nitrogens with one attached hydrogen (secondary N) is 1. The van der Waals surface area contributed by atoms with Gasteiger partial charge in [0, 0.05) is 18.1 Å². The van der Waals surface area contributed by atoms with Gasteiger partial charge in [-0.1, -0.05) is 18.6 Å². The van der Waals surface area contributed by atoms with E-state index in [-0.39, 0.29) is 5.91 Å². The number of fused-ring (bicyclic) bond motifs is 2. The largest absolute Gasteiger partial charge is 0.493 e. The fraction of sp³-hybridized carbons (Fsp3) is 0.524. The number of anilines is 1. The van der Waals surface area contributed by atoms with Crippen molar-refractivity contribution < 1.29 is 14.3 Å². The van der Waals surface area contributed by atoms with E-state index in [1.807, 2.05) is 24.3 Å². The highest BCUT2D eigenvalue weighted by Gasteiger charge is 2.40. The van der Waals surface area contributed by atoms with Crippen LogP contribution in [0.15, 0.2) is 30.5 Å². The average molecular weight is 369 g/mol. The number of hydrogen-bond acceptors (Lipinski definition) is 4. The zero-order valence-electron chi connectivity index (χ0n) is 16.0. The van der Waals surface area contributed by atoms with Crippen LogP contribution in [0, 0.1) is 17.8 Å². The van der Waals surface area contributed by atoms with E-state index in [4.69, 9.17) is 9.47 Å². The van der Waals surface area contributed by atoms with E-state index < -0.39 is 0 Å². The van der Waals surface area contributed by atoms with Crippen LogP contribution >= 0.6 is 0 Å². The van der Waals surface area contributed by atoms with Gasteiger partial charge in [-0.05, 0) is 43.1 Å². The molecule has 1 N–H and O–H groups in total. The Morgan fingerprint density at radius 3 is 2.81 bits per heavy atom. The molecule has 6 nitrogen and oxygen atoms in total. The number of rotatable bonds is 7. The van der Waals surface area contributed by atoms with E-state index in [0.717, 1.165) is 17.4 Å². The van der Waals surface area contributed by atoms with Gasteiger partial charge in [-0.15, -0.1) is 0 Å². The molecule has 0 spiro atoms. The molecular formula is C21H27N3O3. The topological polar surface area (TPSA) is 65.4 Å². The fourth-order valence-corrected chi connectivity index (χ4v) is 4.86. The molecule has 2 fully saturated rings. The third-order valence-corrected chi connectivity index (χ3v) is 6.12. The fourth-order valence-electron chi connectivity index (χ4n) is 4.86. The first-order chi connectivity index (χ1) is 13.2. The second-order valence-electron chi connectivity index (χ2n) is 7.71. The summed E-state index contributed by atoms with van der Waals surface area (Å²) in [5, 5.41) is 7.42. The molecule has 1 heterocycles. The SMILES string of the molecule is COc1cccc(Cn2nccc2NC(=O)CC2CC3CCC2C3)c1OC. The van der Waals surface area contributed by atoms with Gasteiger partial charge in [-0.2, -0.15) is 5.10 Å². The minimum absolute atomic E-state index is 0.0897. The van der Waals surface area contributed by atoms with Crippen LogP contribution in [0.25, 0.3) is 0 Å². The quantitative estimate of drug-likeness (QED) is 0.808. The van der Waals surface area contributed by atoms with E-state index >= 15 is 0 Å². The smallest absolute Gasteiger partial charge is 0.225 e. The number of carbonyl (C=O) groups is 1. The molecule has 0 radical (unpaired) electrons. The van der Waals surface area contributed by atoms with Gasteiger partial charge in [0.1, 0.15) is 5.82 Å². The summed E-state index contributed by atoms with van der Waals surface area (Å²) in [4.78, 5) is 12.6. The number of ether oxygens (including phenoxy) is 2. The molecular weight excluding hydrogens is 342 g/mol. The van der Waals surface area contributed by atoms with Crippen LogP contribution in [0.4, 0.5) is 5.82 Å². The third-order valence-electron chi connectivity index (χ3n) is 6.12. The lowest BCUT2D eigenvalue weighted by molar-refractivity contribution is -0.117. The van der Waals surface area contributed by atoms with Crippen molar-refractivity contribution in [2.24, 2.45) is 17.8 Å². The van der Waals surface area contributed by atoms with Crippen molar-refractivity contribution in [3.8, 4) is 11.5 Å². The van der Waals surface area contributed by atoms with E-state index in [9.17, 15) is 4.79 Å². The van der Waals surface area contributed by atoms with Gasteiger partial charge in [0.2, 0.25) is 5.91 Å². The van der Waals surface area contributed by atoms with Gasteiger partial charge < -0.3 is 14.8 Å². The summed E-state index contributed by atoms with van der Waals surface area (Å²) in [5.41, 5.74) is 0.948. The normalized spacial score (nSPS) is 23.4. The van der Waals surface area contributed by atoms with Gasteiger partial charge in [0.05, 0.1) is 27.0 Å². The summed E-state index contributed by atoms with van der Waals surface area (Å²) in [6.07, 6.45) is 7.53. The third kappa shape index (κ3) is 3.66. The molecule has 1 aromatic carbocycles. The number of amides is 1. The summed E-state index contributed by atoms with van der Waals surface area (Å²) in [6.45, 7) is 0.497. The lowest BCUT2D eigenvalue weighted by Gasteiger charge is -2.21. The van der Waals surface area contributed by atoms with Crippen LogP contribution in [-0.4, -0.2) is 29.9 Å². The van der Waals surface area contributed by atoms with Crippen molar-refractivity contribution >= 4 is 11.7 Å². The molecule has 3 unspecified atom stereocenters. The number of methoxy groups -OCH3 is 2. The monoisotopic (exact) mass is 369 g/mol. The molecule has 0 aliphatic heterocycles. The minimum atomic E-state index is 0.0897. The molecule has 0 saturated heterocycles. The van der Waals surface area contributed by atoms with Gasteiger partial charge in [0.15, 0.2) is 11.5 Å². The molecule has 2 aromatic rings. The van der Waals surface area contributed by atoms with Gasteiger partial charge in [0.25, 0.3) is 0 Å². The molecule has 1 aromatic heterocycles. The van der Waals surface area contributed by atoms with E-state index in [0.29, 0.717) is 36.2 Å². The van der Waals surface area contributed by atoms with Crippen molar-refractivity contribution in [3.63, 3.8) is 0 Å². The maximum atomic E-state index is 12.6. The Bertz CT molecular complexity index is 817. The molecule has 2 saturated carbocycles. The Morgan fingerprint density at radius 2 is 2.11 bits per heavy atom. The number of hydrogen-bond donors (Lipinski definition) is 1. The maximum absolute atomic E-state index is 12.6. The molecule has 27 heavy (non-hydrogen) atoms. The van der Waals surface area contributed by atoms with Gasteiger partial charge >= 0.3 is 0 Å². The van der Waals surface area contributed by atoms with Gasteiger partial charge in [-0.3, -0.25) is 4.79 Å². The van der Waals surface area contributed by atoms with Crippen molar-refractivity contribution in [2.45, 2.75) is 38.6 Å². The first kappa shape index (κ1) is 17.9. The lowest BCUT2D eigenvalue weighted by Crippen LogP contribution is -2.22. The maximum Gasteiger partial charge on any atom is 0.225 e. The van der Waals surface area contributed by atoms with E-state index in [1.165, 1.54) is 25.7 Å². The number of carbonyl (C=O) groups excluding carboxylic acids is 1. The highest BCUT2D eigenvalue weighted by molar-refractivity contribution is 5.90. The first-order valence-corrected chi connectivity index (χ1v) is 9.69. The summed E-state index contributed by atoms with van der Waals surface area (Å²) >= 11 is 0. The Balaban J connectivity index is 1.43. The number of nitrogens with zero attached hydrogens (tertiary/aromatic N) is 2.